The van der Waals surface area contributed by atoms with E-state index in [-0.39, 0.29) is 0 Å². The molecular formula is C14H12Cl3NO. The summed E-state index contributed by atoms with van der Waals surface area (Å²) < 4.78 is 5.60. The molecule has 0 aliphatic rings. The van der Waals surface area contributed by atoms with Crippen molar-refractivity contribution in [2.75, 3.05) is 12.3 Å². The normalized spacial score (nSPS) is 10.5. The third kappa shape index (κ3) is 3.69. The molecule has 2 aromatic carbocycles. The molecule has 0 aliphatic carbocycles. The summed E-state index contributed by atoms with van der Waals surface area (Å²) in [5.41, 5.74) is 7.65. The first-order valence-corrected chi connectivity index (χ1v) is 6.82. The molecule has 0 amide bonds. The van der Waals surface area contributed by atoms with E-state index in [9.17, 15) is 0 Å². The standard InChI is InChI=1S/C14H12Cl3NO/c15-10-7-12(17)14(8-11(10)16)19-6-5-9-3-1-2-4-13(9)18/h1-4,7-8H,5-6,18H2. The molecule has 0 radical (unpaired) electrons. The lowest BCUT2D eigenvalue weighted by Crippen LogP contribution is -2.04. The lowest BCUT2D eigenvalue weighted by Gasteiger charge is -2.10. The summed E-state index contributed by atoms with van der Waals surface area (Å²) in [7, 11) is 0. The highest BCUT2D eigenvalue weighted by atomic mass is 35.5. The van der Waals surface area contributed by atoms with Gasteiger partial charge in [0.15, 0.2) is 0 Å². The quantitative estimate of drug-likeness (QED) is 0.646. The molecule has 19 heavy (non-hydrogen) atoms. The lowest BCUT2D eigenvalue weighted by atomic mass is 10.1. The Hall–Kier alpha value is -1.09. The smallest absolute Gasteiger partial charge is 0.139 e. The highest BCUT2D eigenvalue weighted by molar-refractivity contribution is 6.43. The van der Waals surface area contributed by atoms with Crippen molar-refractivity contribution < 1.29 is 4.74 Å². The van der Waals surface area contributed by atoms with Crippen LogP contribution in [-0.2, 0) is 6.42 Å². The zero-order valence-electron chi connectivity index (χ0n) is 10.00. The molecular weight excluding hydrogens is 305 g/mol. The lowest BCUT2D eigenvalue weighted by molar-refractivity contribution is 0.322. The van der Waals surface area contributed by atoms with Crippen molar-refractivity contribution in [1.29, 1.82) is 0 Å². The van der Waals surface area contributed by atoms with Gasteiger partial charge >= 0.3 is 0 Å². The predicted octanol–water partition coefficient (Wildman–Crippen LogP) is 4.85. The van der Waals surface area contributed by atoms with E-state index in [0.717, 1.165) is 11.3 Å². The van der Waals surface area contributed by atoms with E-state index in [4.69, 9.17) is 45.3 Å². The van der Waals surface area contributed by atoms with E-state index >= 15 is 0 Å². The fraction of sp³-hybridized carbons (Fsp3) is 0.143. The largest absolute Gasteiger partial charge is 0.492 e. The van der Waals surface area contributed by atoms with Gasteiger partial charge in [-0.2, -0.15) is 0 Å². The van der Waals surface area contributed by atoms with Crippen LogP contribution < -0.4 is 10.5 Å². The van der Waals surface area contributed by atoms with Crippen molar-refractivity contribution in [2.45, 2.75) is 6.42 Å². The molecule has 0 fully saturated rings. The zero-order chi connectivity index (χ0) is 13.8. The van der Waals surface area contributed by atoms with Crippen LogP contribution in [0.4, 0.5) is 5.69 Å². The van der Waals surface area contributed by atoms with E-state index < -0.39 is 0 Å². The first kappa shape index (κ1) is 14.3. The van der Waals surface area contributed by atoms with E-state index in [1.807, 2.05) is 24.3 Å². The molecule has 100 valence electrons. The number of benzene rings is 2. The summed E-state index contributed by atoms with van der Waals surface area (Å²) in [6.45, 7) is 0.464. The van der Waals surface area contributed by atoms with E-state index in [2.05, 4.69) is 0 Å². The van der Waals surface area contributed by atoms with Crippen molar-refractivity contribution in [3.05, 3.63) is 57.0 Å². The molecule has 0 heterocycles. The Morgan fingerprint density at radius 1 is 0.947 bits per heavy atom. The van der Waals surface area contributed by atoms with Gasteiger partial charge in [-0.15, -0.1) is 0 Å². The van der Waals surface area contributed by atoms with Crippen molar-refractivity contribution in [3.8, 4) is 5.75 Å². The average Bonchev–Trinajstić information content (AvgIpc) is 2.38. The Balaban J connectivity index is 2.00. The van der Waals surface area contributed by atoms with E-state index in [0.29, 0.717) is 33.8 Å². The number of para-hydroxylation sites is 1. The number of anilines is 1. The minimum atomic E-state index is 0.409. The van der Waals surface area contributed by atoms with Crippen LogP contribution in [0.15, 0.2) is 36.4 Å². The number of nitrogens with two attached hydrogens (primary N) is 1. The minimum absolute atomic E-state index is 0.409. The summed E-state index contributed by atoms with van der Waals surface area (Å²) in [5.74, 6) is 0.519. The zero-order valence-corrected chi connectivity index (χ0v) is 12.3. The van der Waals surface area contributed by atoms with Crippen molar-refractivity contribution in [3.63, 3.8) is 0 Å². The predicted molar refractivity (Wildman–Crippen MR) is 81.5 cm³/mol. The number of hydrogen-bond acceptors (Lipinski definition) is 2. The number of halogens is 3. The number of hydrogen-bond donors (Lipinski definition) is 1. The van der Waals surface area contributed by atoms with Crippen LogP contribution in [0.1, 0.15) is 5.56 Å². The summed E-state index contributed by atoms with van der Waals surface area (Å²) in [6, 6.07) is 10.8. The highest BCUT2D eigenvalue weighted by Gasteiger charge is 2.07. The van der Waals surface area contributed by atoms with Crippen molar-refractivity contribution >= 4 is 40.5 Å². The van der Waals surface area contributed by atoms with Gasteiger partial charge in [-0.25, -0.2) is 0 Å². The Kier molecular flexibility index (Phi) is 4.81. The third-order valence-corrected chi connectivity index (χ3v) is 3.68. The monoisotopic (exact) mass is 315 g/mol. The van der Waals surface area contributed by atoms with Gasteiger partial charge in [0.2, 0.25) is 0 Å². The van der Waals surface area contributed by atoms with Gasteiger partial charge in [0.05, 0.1) is 21.7 Å². The van der Waals surface area contributed by atoms with E-state index in [1.54, 1.807) is 12.1 Å². The molecule has 5 heteroatoms. The second kappa shape index (κ2) is 6.38. The van der Waals surface area contributed by atoms with Gasteiger partial charge in [0.1, 0.15) is 5.75 Å². The van der Waals surface area contributed by atoms with Crippen LogP contribution in [0.3, 0.4) is 0 Å². The number of nitrogen functional groups attached to an aromatic ring is 1. The third-order valence-electron chi connectivity index (χ3n) is 2.66. The second-order valence-electron chi connectivity index (χ2n) is 3.99. The fourth-order valence-electron chi connectivity index (χ4n) is 1.65. The molecule has 0 saturated carbocycles. The van der Waals surface area contributed by atoms with Gasteiger partial charge in [0, 0.05) is 18.2 Å². The molecule has 2 aromatic rings. The van der Waals surface area contributed by atoms with Gasteiger partial charge in [-0.05, 0) is 17.7 Å². The topological polar surface area (TPSA) is 35.2 Å². The molecule has 2 N–H and O–H groups in total. The van der Waals surface area contributed by atoms with Crippen LogP contribution in [0.25, 0.3) is 0 Å². The number of rotatable bonds is 4. The molecule has 2 nitrogen and oxygen atoms in total. The second-order valence-corrected chi connectivity index (χ2v) is 5.22. The van der Waals surface area contributed by atoms with E-state index in [1.165, 1.54) is 0 Å². The van der Waals surface area contributed by atoms with Crippen LogP contribution in [0.5, 0.6) is 5.75 Å². The first-order chi connectivity index (χ1) is 9.08. The van der Waals surface area contributed by atoms with Gasteiger partial charge in [-0.3, -0.25) is 0 Å². The molecule has 0 spiro atoms. The highest BCUT2D eigenvalue weighted by Crippen LogP contribution is 2.33. The Labute approximate surface area is 127 Å². The molecule has 2 rings (SSSR count). The summed E-state index contributed by atoms with van der Waals surface area (Å²) in [4.78, 5) is 0. The maximum atomic E-state index is 6.02. The summed E-state index contributed by atoms with van der Waals surface area (Å²) in [5, 5.41) is 1.27. The van der Waals surface area contributed by atoms with Crippen molar-refractivity contribution in [2.24, 2.45) is 0 Å². The van der Waals surface area contributed by atoms with Gasteiger partial charge in [0.25, 0.3) is 0 Å². The average molecular weight is 317 g/mol. The Bertz CT molecular complexity index is 587. The van der Waals surface area contributed by atoms with Crippen LogP contribution >= 0.6 is 34.8 Å². The maximum absolute atomic E-state index is 6.02. The summed E-state index contributed by atoms with van der Waals surface area (Å²) >= 11 is 17.8. The number of ether oxygens (including phenoxy) is 1. The molecule has 0 atom stereocenters. The molecule has 0 aromatic heterocycles. The molecule has 0 aliphatic heterocycles. The minimum Gasteiger partial charge on any atom is -0.492 e. The SMILES string of the molecule is Nc1ccccc1CCOc1cc(Cl)c(Cl)cc1Cl. The fourth-order valence-corrected chi connectivity index (χ4v) is 2.24. The van der Waals surface area contributed by atoms with Crippen molar-refractivity contribution in [1.82, 2.24) is 0 Å². The molecule has 0 bridgehead atoms. The maximum Gasteiger partial charge on any atom is 0.139 e. The summed E-state index contributed by atoms with van der Waals surface area (Å²) in [6.07, 6.45) is 0.698. The first-order valence-electron chi connectivity index (χ1n) is 5.68. The molecule has 0 saturated heterocycles. The van der Waals surface area contributed by atoms with Crippen LogP contribution in [0, 0.1) is 0 Å². The Morgan fingerprint density at radius 3 is 2.37 bits per heavy atom. The van der Waals surface area contributed by atoms with Gasteiger partial charge < -0.3 is 10.5 Å². The molecule has 0 unspecified atom stereocenters. The van der Waals surface area contributed by atoms with Crippen LogP contribution in [-0.4, -0.2) is 6.61 Å². The van der Waals surface area contributed by atoms with Crippen LogP contribution in [0.2, 0.25) is 15.1 Å². The van der Waals surface area contributed by atoms with Gasteiger partial charge in [-0.1, -0.05) is 53.0 Å². The Morgan fingerprint density at radius 2 is 1.63 bits per heavy atom.